The van der Waals surface area contributed by atoms with Crippen molar-refractivity contribution in [3.05, 3.63) is 48.0 Å². The quantitative estimate of drug-likeness (QED) is 0.589. The fourth-order valence-electron chi connectivity index (χ4n) is 3.31. The van der Waals surface area contributed by atoms with Gasteiger partial charge in [-0.15, -0.1) is 13.2 Å². The van der Waals surface area contributed by atoms with Gasteiger partial charge >= 0.3 is 12.3 Å². The van der Waals surface area contributed by atoms with Gasteiger partial charge in [0.05, 0.1) is 15.8 Å². The van der Waals surface area contributed by atoms with E-state index in [4.69, 9.17) is 5.11 Å². The van der Waals surface area contributed by atoms with Crippen molar-refractivity contribution in [2.45, 2.75) is 11.3 Å². The number of ether oxygens (including phenoxy) is 1. The Morgan fingerprint density at radius 3 is 2.44 bits per heavy atom. The molecule has 0 aliphatic carbocycles. The Bertz CT molecular complexity index is 1270. The number of carboxylic acids is 1. The van der Waals surface area contributed by atoms with Crippen LogP contribution in [0, 0.1) is 0 Å². The highest BCUT2D eigenvalue weighted by atomic mass is 32.2. The largest absolute Gasteiger partial charge is 0.573 e. The van der Waals surface area contributed by atoms with Crippen LogP contribution in [0.1, 0.15) is 10.4 Å². The average molecular weight is 487 g/mol. The Kier molecular flexibility index (Phi) is 5.73. The van der Waals surface area contributed by atoms with Gasteiger partial charge in [0.2, 0.25) is 10.0 Å². The lowest BCUT2D eigenvalue weighted by atomic mass is 10.2. The van der Waals surface area contributed by atoms with E-state index in [1.807, 2.05) is 4.90 Å². The molecule has 2 heterocycles. The lowest BCUT2D eigenvalue weighted by Crippen LogP contribution is -2.48. The number of aromatic carboxylic acids is 1. The van der Waals surface area contributed by atoms with Crippen LogP contribution in [0.4, 0.5) is 18.3 Å². The van der Waals surface area contributed by atoms with Crippen molar-refractivity contribution in [1.82, 2.24) is 9.29 Å². The van der Waals surface area contributed by atoms with E-state index in [2.05, 4.69) is 9.72 Å². The molecular formula is C19H16F3N3O5S2. The fraction of sp³-hybridized carbons (Fsp3) is 0.263. The van der Waals surface area contributed by atoms with Gasteiger partial charge in [-0.2, -0.15) is 4.31 Å². The number of piperazine rings is 1. The van der Waals surface area contributed by atoms with E-state index in [9.17, 15) is 26.4 Å². The molecule has 0 unspecified atom stereocenters. The zero-order chi connectivity index (χ0) is 23.1. The predicted molar refractivity (Wildman–Crippen MR) is 111 cm³/mol. The molecule has 0 amide bonds. The van der Waals surface area contributed by atoms with Crippen LogP contribution in [0.15, 0.2) is 47.4 Å². The Balaban J connectivity index is 1.51. The molecule has 0 atom stereocenters. The van der Waals surface area contributed by atoms with Crippen molar-refractivity contribution in [2.24, 2.45) is 0 Å². The number of anilines is 1. The molecule has 4 rings (SSSR count). The van der Waals surface area contributed by atoms with Gasteiger partial charge in [-0.05, 0) is 30.3 Å². The van der Waals surface area contributed by atoms with Crippen LogP contribution in [0.2, 0.25) is 0 Å². The third kappa shape index (κ3) is 4.49. The zero-order valence-electron chi connectivity index (χ0n) is 16.2. The number of aromatic nitrogens is 1. The number of nitrogens with zero attached hydrogens (tertiary/aromatic N) is 3. The van der Waals surface area contributed by atoms with Crippen molar-refractivity contribution >= 4 is 42.7 Å². The van der Waals surface area contributed by atoms with Crippen molar-refractivity contribution in [3.63, 3.8) is 0 Å². The van der Waals surface area contributed by atoms with Gasteiger partial charge < -0.3 is 14.7 Å². The summed E-state index contributed by atoms with van der Waals surface area (Å²) >= 11 is 1.29. The van der Waals surface area contributed by atoms with Gasteiger partial charge in [0.25, 0.3) is 0 Å². The number of benzene rings is 2. The van der Waals surface area contributed by atoms with Crippen LogP contribution in [-0.4, -0.2) is 61.3 Å². The highest BCUT2D eigenvalue weighted by Crippen LogP contribution is 2.33. The molecule has 3 aromatic rings. The Morgan fingerprint density at radius 1 is 1.09 bits per heavy atom. The minimum atomic E-state index is -5.02. The van der Waals surface area contributed by atoms with Gasteiger partial charge in [-0.3, -0.25) is 0 Å². The summed E-state index contributed by atoms with van der Waals surface area (Å²) in [5, 5.41) is 9.73. The smallest absolute Gasteiger partial charge is 0.478 e. The molecule has 1 saturated heterocycles. The maximum Gasteiger partial charge on any atom is 0.573 e. The maximum absolute atomic E-state index is 13.0. The maximum atomic E-state index is 13.0. The summed E-state index contributed by atoms with van der Waals surface area (Å²) < 4.78 is 69.6. The number of carbonyl (C=O) groups is 1. The molecule has 2 aromatic carbocycles. The molecule has 170 valence electrons. The molecular weight excluding hydrogens is 471 g/mol. The van der Waals surface area contributed by atoms with Crippen LogP contribution in [-0.2, 0) is 10.0 Å². The lowest BCUT2D eigenvalue weighted by molar-refractivity contribution is -0.275. The van der Waals surface area contributed by atoms with Crippen molar-refractivity contribution in [3.8, 4) is 5.75 Å². The summed E-state index contributed by atoms with van der Waals surface area (Å²) in [6.07, 6.45) is -5.02. The average Bonchev–Trinajstić information content (AvgIpc) is 3.16. The number of halogens is 3. The minimum Gasteiger partial charge on any atom is -0.478 e. The molecule has 0 bridgehead atoms. The first-order valence-corrected chi connectivity index (χ1v) is 11.5. The molecule has 1 fully saturated rings. The fourth-order valence-corrected chi connectivity index (χ4v) is 5.91. The monoisotopic (exact) mass is 487 g/mol. The van der Waals surface area contributed by atoms with Gasteiger partial charge in [-0.25, -0.2) is 18.2 Å². The first-order valence-electron chi connectivity index (χ1n) is 9.28. The molecule has 0 spiro atoms. The number of para-hydroxylation sites is 1. The number of sulfonamides is 1. The first kappa shape index (κ1) is 22.3. The summed E-state index contributed by atoms with van der Waals surface area (Å²) in [5.41, 5.74) is 0.770. The number of hydrogen-bond acceptors (Lipinski definition) is 7. The van der Waals surface area contributed by atoms with E-state index < -0.39 is 33.0 Å². The second-order valence-electron chi connectivity index (χ2n) is 6.87. The zero-order valence-corrected chi connectivity index (χ0v) is 17.9. The number of thiazole rings is 1. The predicted octanol–water partition coefficient (Wildman–Crippen LogP) is 3.40. The molecule has 0 saturated carbocycles. The molecule has 13 heteroatoms. The van der Waals surface area contributed by atoms with E-state index in [-0.39, 0.29) is 31.7 Å². The first-order chi connectivity index (χ1) is 15.0. The highest BCUT2D eigenvalue weighted by Gasteiger charge is 2.36. The van der Waals surface area contributed by atoms with E-state index in [0.717, 1.165) is 16.4 Å². The van der Waals surface area contributed by atoms with Gasteiger partial charge in [0.15, 0.2) is 5.13 Å². The van der Waals surface area contributed by atoms with Crippen LogP contribution in [0.5, 0.6) is 5.75 Å². The van der Waals surface area contributed by atoms with E-state index in [1.54, 1.807) is 6.07 Å². The summed E-state index contributed by atoms with van der Waals surface area (Å²) in [5.74, 6) is -1.82. The van der Waals surface area contributed by atoms with Gasteiger partial charge in [-0.1, -0.05) is 23.5 Å². The van der Waals surface area contributed by atoms with E-state index in [1.165, 1.54) is 35.6 Å². The normalized spacial score (nSPS) is 15.8. The number of alkyl halides is 3. The molecule has 32 heavy (non-hydrogen) atoms. The van der Waals surface area contributed by atoms with Crippen molar-refractivity contribution < 1.29 is 36.2 Å². The topological polar surface area (TPSA) is 100 Å². The molecule has 1 N–H and O–H groups in total. The molecule has 0 radical (unpaired) electrons. The van der Waals surface area contributed by atoms with Gasteiger partial charge in [0.1, 0.15) is 10.6 Å². The van der Waals surface area contributed by atoms with Crippen LogP contribution in [0.25, 0.3) is 10.2 Å². The third-order valence-electron chi connectivity index (χ3n) is 4.83. The van der Waals surface area contributed by atoms with Crippen LogP contribution >= 0.6 is 11.3 Å². The molecule has 1 aliphatic heterocycles. The number of fused-ring (bicyclic) bond motifs is 1. The summed E-state index contributed by atoms with van der Waals surface area (Å²) in [4.78, 5) is 16.9. The Morgan fingerprint density at radius 2 is 1.78 bits per heavy atom. The highest BCUT2D eigenvalue weighted by molar-refractivity contribution is 7.89. The summed E-state index contributed by atoms with van der Waals surface area (Å²) in [6.45, 7) is 0.623. The second kappa shape index (κ2) is 8.22. The van der Waals surface area contributed by atoms with Crippen LogP contribution in [0.3, 0.4) is 0 Å². The molecule has 1 aromatic heterocycles. The Labute approximate surface area is 184 Å². The third-order valence-corrected chi connectivity index (χ3v) is 7.84. The second-order valence-corrected chi connectivity index (χ2v) is 9.79. The van der Waals surface area contributed by atoms with Crippen molar-refractivity contribution in [1.29, 1.82) is 0 Å². The standard InChI is InChI=1S/C19H16F3N3O5S2/c20-19(21,22)30-14-3-1-2-4-16(14)32(28,29)25-9-7-24(8-10-25)18-23-13-6-5-12(17(26)27)11-15(13)31-18/h1-6,11H,7-10H2,(H,26,27). The van der Waals surface area contributed by atoms with E-state index in [0.29, 0.717) is 15.3 Å². The lowest BCUT2D eigenvalue weighted by Gasteiger charge is -2.34. The van der Waals surface area contributed by atoms with Crippen molar-refractivity contribution in [2.75, 3.05) is 31.1 Å². The Hall–Kier alpha value is -2.90. The molecule has 8 nitrogen and oxygen atoms in total. The number of carboxylic acid groups (broad SMARTS) is 1. The molecule has 1 aliphatic rings. The SMILES string of the molecule is O=C(O)c1ccc2nc(N3CCN(S(=O)(=O)c4ccccc4OC(F)(F)F)CC3)sc2c1. The summed E-state index contributed by atoms with van der Waals surface area (Å²) in [6, 6.07) is 9.23. The van der Waals surface area contributed by atoms with Gasteiger partial charge in [0, 0.05) is 26.2 Å². The van der Waals surface area contributed by atoms with Crippen LogP contribution < -0.4 is 9.64 Å². The number of rotatable bonds is 5. The summed E-state index contributed by atoms with van der Waals surface area (Å²) in [7, 11) is -4.21. The number of hydrogen-bond donors (Lipinski definition) is 1. The minimum absolute atomic E-state index is 0.0407. The van der Waals surface area contributed by atoms with E-state index >= 15 is 0 Å².